The van der Waals surface area contributed by atoms with Gasteiger partial charge in [0, 0.05) is 32.2 Å². The average molecular weight is 269 g/mol. The highest BCUT2D eigenvalue weighted by Gasteiger charge is 2.36. The van der Waals surface area contributed by atoms with E-state index >= 15 is 0 Å². The fourth-order valence-corrected chi connectivity index (χ4v) is 2.68. The zero-order chi connectivity index (χ0) is 13.8. The number of urea groups is 1. The summed E-state index contributed by atoms with van der Waals surface area (Å²) in [5, 5.41) is 11.8. The predicted molar refractivity (Wildman–Crippen MR) is 71.0 cm³/mol. The van der Waals surface area contributed by atoms with Gasteiger partial charge < -0.3 is 20.2 Å². The highest BCUT2D eigenvalue weighted by atomic mass is 16.4. The smallest absolute Gasteiger partial charge is 0.317 e. The number of carboxylic acid groups (broad SMARTS) is 1. The molecule has 2 fully saturated rings. The van der Waals surface area contributed by atoms with E-state index in [1.807, 2.05) is 0 Å². The van der Waals surface area contributed by atoms with Crippen molar-refractivity contribution in [3.05, 3.63) is 0 Å². The third-order valence-electron chi connectivity index (χ3n) is 3.97. The number of amides is 2. The summed E-state index contributed by atoms with van der Waals surface area (Å²) in [7, 11) is 0. The largest absolute Gasteiger partial charge is 0.481 e. The van der Waals surface area contributed by atoms with E-state index in [1.165, 1.54) is 6.42 Å². The number of nitrogens with zero attached hydrogens (tertiary/aromatic N) is 2. The number of likely N-dealkylation sites (tertiary alicyclic amines) is 2. The Kier molecular flexibility index (Phi) is 4.63. The molecule has 0 bridgehead atoms. The normalized spacial score (nSPS) is 22.1. The molecular weight excluding hydrogens is 246 g/mol. The molecule has 2 aliphatic rings. The molecule has 0 radical (unpaired) electrons. The van der Waals surface area contributed by atoms with Gasteiger partial charge in [-0.05, 0) is 25.8 Å². The third kappa shape index (κ3) is 3.59. The number of hydrogen-bond acceptors (Lipinski definition) is 3. The lowest BCUT2D eigenvalue weighted by Crippen LogP contribution is -2.58. The van der Waals surface area contributed by atoms with Crippen molar-refractivity contribution in [2.24, 2.45) is 5.92 Å². The van der Waals surface area contributed by atoms with E-state index in [9.17, 15) is 9.59 Å². The second-order valence-electron chi connectivity index (χ2n) is 5.51. The Hall–Kier alpha value is -1.30. The summed E-state index contributed by atoms with van der Waals surface area (Å²) >= 11 is 0. The van der Waals surface area contributed by atoms with Crippen LogP contribution in [0.3, 0.4) is 0 Å². The number of carbonyl (C=O) groups is 2. The molecule has 0 spiro atoms. The van der Waals surface area contributed by atoms with Gasteiger partial charge in [0.25, 0.3) is 0 Å². The van der Waals surface area contributed by atoms with Crippen LogP contribution in [-0.4, -0.2) is 65.7 Å². The summed E-state index contributed by atoms with van der Waals surface area (Å²) in [5.74, 6) is -1.19. The van der Waals surface area contributed by atoms with Crippen LogP contribution in [0.2, 0.25) is 0 Å². The lowest BCUT2D eigenvalue weighted by atomic mass is 10.0. The van der Waals surface area contributed by atoms with Crippen LogP contribution in [0.15, 0.2) is 0 Å². The van der Waals surface area contributed by atoms with Gasteiger partial charge in [0.15, 0.2) is 0 Å². The van der Waals surface area contributed by atoms with Crippen LogP contribution in [0.1, 0.15) is 26.2 Å². The summed E-state index contributed by atoms with van der Waals surface area (Å²) in [4.78, 5) is 26.6. The lowest BCUT2D eigenvalue weighted by Gasteiger charge is -2.39. The second-order valence-corrected chi connectivity index (χ2v) is 5.51. The van der Waals surface area contributed by atoms with E-state index < -0.39 is 5.97 Å². The first-order valence-electron chi connectivity index (χ1n) is 7.10. The molecule has 2 heterocycles. The molecule has 6 nitrogen and oxygen atoms in total. The Morgan fingerprint density at radius 2 is 1.89 bits per heavy atom. The van der Waals surface area contributed by atoms with Crippen LogP contribution >= 0.6 is 0 Å². The van der Waals surface area contributed by atoms with Gasteiger partial charge in [0.05, 0.1) is 5.92 Å². The first-order valence-corrected chi connectivity index (χ1v) is 7.10. The van der Waals surface area contributed by atoms with Crippen LogP contribution in [0, 0.1) is 5.92 Å². The Labute approximate surface area is 113 Å². The summed E-state index contributed by atoms with van der Waals surface area (Å²) in [5.41, 5.74) is 0. The van der Waals surface area contributed by atoms with Crippen molar-refractivity contribution in [1.82, 2.24) is 15.1 Å². The molecule has 0 aromatic rings. The summed E-state index contributed by atoms with van der Waals surface area (Å²) in [6.07, 6.45) is 3.14. The monoisotopic (exact) mass is 269 g/mol. The molecule has 2 N–H and O–H groups in total. The first kappa shape index (κ1) is 14.1. The summed E-state index contributed by atoms with van der Waals surface area (Å²) < 4.78 is 0. The fourth-order valence-electron chi connectivity index (χ4n) is 2.68. The van der Waals surface area contributed by atoms with Gasteiger partial charge in [-0.1, -0.05) is 6.92 Å². The quantitative estimate of drug-likeness (QED) is 0.783. The van der Waals surface area contributed by atoms with Crippen molar-refractivity contribution in [2.45, 2.75) is 32.2 Å². The van der Waals surface area contributed by atoms with Gasteiger partial charge in [-0.25, -0.2) is 4.79 Å². The van der Waals surface area contributed by atoms with E-state index in [0.29, 0.717) is 13.1 Å². The minimum Gasteiger partial charge on any atom is -0.481 e. The maximum atomic E-state index is 11.9. The molecule has 108 valence electrons. The SMILES string of the molecule is CCCN1CCC(NC(=O)N2CC(C(=O)O)C2)CC1. The highest BCUT2D eigenvalue weighted by Crippen LogP contribution is 2.17. The minimum atomic E-state index is -0.808. The standard InChI is InChI=1S/C13H23N3O3/c1-2-5-15-6-3-11(4-7-15)14-13(19)16-8-10(9-16)12(17)18/h10-11H,2-9H2,1H3,(H,14,19)(H,17,18). The van der Waals surface area contributed by atoms with Crippen LogP contribution in [0.4, 0.5) is 4.79 Å². The molecule has 2 amide bonds. The molecule has 0 aliphatic carbocycles. The highest BCUT2D eigenvalue weighted by molar-refractivity contribution is 5.79. The third-order valence-corrected chi connectivity index (χ3v) is 3.97. The molecule has 0 atom stereocenters. The molecule has 0 saturated carbocycles. The van der Waals surface area contributed by atoms with Crippen molar-refractivity contribution < 1.29 is 14.7 Å². The van der Waals surface area contributed by atoms with Crippen molar-refractivity contribution in [3.8, 4) is 0 Å². The summed E-state index contributed by atoms with van der Waals surface area (Å²) in [6.45, 7) is 6.07. The van der Waals surface area contributed by atoms with Gasteiger partial charge in [-0.15, -0.1) is 0 Å². The Bertz CT molecular complexity index is 334. The van der Waals surface area contributed by atoms with Crippen LogP contribution in [0.5, 0.6) is 0 Å². The lowest BCUT2D eigenvalue weighted by molar-refractivity contribution is -0.146. The molecule has 2 rings (SSSR count). The van der Waals surface area contributed by atoms with Crippen molar-refractivity contribution in [1.29, 1.82) is 0 Å². The summed E-state index contributed by atoms with van der Waals surface area (Å²) in [6, 6.07) is 0.135. The molecule has 19 heavy (non-hydrogen) atoms. The molecule has 0 aromatic heterocycles. The van der Waals surface area contributed by atoms with Crippen molar-refractivity contribution in [2.75, 3.05) is 32.7 Å². The number of piperidine rings is 1. The zero-order valence-corrected chi connectivity index (χ0v) is 11.5. The van der Waals surface area contributed by atoms with E-state index in [-0.39, 0.29) is 18.0 Å². The Balaban J connectivity index is 1.66. The predicted octanol–water partition coefficient (Wildman–Crippen LogP) is 0.587. The van der Waals surface area contributed by atoms with Crippen molar-refractivity contribution in [3.63, 3.8) is 0 Å². The van der Waals surface area contributed by atoms with E-state index in [0.717, 1.165) is 32.5 Å². The van der Waals surface area contributed by atoms with Crippen LogP contribution < -0.4 is 5.32 Å². The molecule has 0 unspecified atom stereocenters. The molecular formula is C13H23N3O3. The number of hydrogen-bond donors (Lipinski definition) is 2. The first-order chi connectivity index (χ1) is 9.10. The molecule has 0 aromatic carbocycles. The fraction of sp³-hybridized carbons (Fsp3) is 0.846. The Morgan fingerprint density at radius 1 is 1.26 bits per heavy atom. The van der Waals surface area contributed by atoms with E-state index in [2.05, 4.69) is 17.1 Å². The van der Waals surface area contributed by atoms with Gasteiger partial charge in [0.1, 0.15) is 0 Å². The zero-order valence-electron chi connectivity index (χ0n) is 11.5. The van der Waals surface area contributed by atoms with Gasteiger partial charge in [-0.3, -0.25) is 4.79 Å². The molecule has 2 saturated heterocycles. The number of nitrogens with one attached hydrogen (secondary N) is 1. The van der Waals surface area contributed by atoms with E-state index in [1.54, 1.807) is 4.90 Å². The van der Waals surface area contributed by atoms with Crippen molar-refractivity contribution >= 4 is 12.0 Å². The minimum absolute atomic E-state index is 0.105. The maximum Gasteiger partial charge on any atom is 0.317 e. The second kappa shape index (κ2) is 6.23. The average Bonchev–Trinajstić information content (AvgIpc) is 2.29. The maximum absolute atomic E-state index is 11.9. The van der Waals surface area contributed by atoms with Crippen LogP contribution in [-0.2, 0) is 4.79 Å². The topological polar surface area (TPSA) is 72.9 Å². The molecule has 6 heteroatoms. The number of aliphatic carboxylic acids is 1. The number of carbonyl (C=O) groups excluding carboxylic acids is 1. The van der Waals surface area contributed by atoms with Gasteiger partial charge in [0.2, 0.25) is 0 Å². The van der Waals surface area contributed by atoms with Gasteiger partial charge >= 0.3 is 12.0 Å². The Morgan fingerprint density at radius 3 is 2.42 bits per heavy atom. The number of carboxylic acids is 1. The van der Waals surface area contributed by atoms with Crippen LogP contribution in [0.25, 0.3) is 0 Å². The molecule has 2 aliphatic heterocycles. The van der Waals surface area contributed by atoms with Gasteiger partial charge in [-0.2, -0.15) is 0 Å². The number of rotatable bonds is 4. The van der Waals surface area contributed by atoms with E-state index in [4.69, 9.17) is 5.11 Å².